The Balaban J connectivity index is 2.33. The van der Waals surface area contributed by atoms with E-state index in [1.165, 1.54) is 18.2 Å². The number of aryl methyl sites for hydroxylation is 1. The highest BCUT2D eigenvalue weighted by Gasteiger charge is 2.12. The summed E-state index contributed by atoms with van der Waals surface area (Å²) in [7, 11) is 0. The van der Waals surface area contributed by atoms with Crippen LogP contribution >= 0.6 is 12.2 Å². The molecule has 3 nitrogen and oxygen atoms in total. The van der Waals surface area contributed by atoms with E-state index in [2.05, 4.69) is 5.32 Å². The zero-order valence-electron chi connectivity index (χ0n) is 11.1. The summed E-state index contributed by atoms with van der Waals surface area (Å²) < 4.78 is 26.5. The minimum atomic E-state index is -0.526. The standard InChI is InChI=1S/C15H12F2N2OS/c1-8-4-9(6-11(17)5-8)15(20)19-13-3-2-10(16)7-12(13)14(18)21/h2-7H,1H3,(H2,18,21)(H,19,20). The number of carbonyl (C=O) groups excluding carboxylic acids is 1. The number of nitrogens with two attached hydrogens (primary N) is 1. The molecule has 0 aromatic heterocycles. The molecule has 2 aromatic carbocycles. The number of nitrogens with one attached hydrogen (secondary N) is 1. The van der Waals surface area contributed by atoms with E-state index in [-0.39, 0.29) is 21.8 Å². The fourth-order valence-electron chi connectivity index (χ4n) is 1.89. The average molecular weight is 306 g/mol. The maximum atomic E-state index is 13.3. The second-order valence-electron chi connectivity index (χ2n) is 4.53. The van der Waals surface area contributed by atoms with Crippen molar-refractivity contribution in [3.63, 3.8) is 0 Å². The van der Waals surface area contributed by atoms with Crippen LogP contribution < -0.4 is 11.1 Å². The molecule has 0 saturated carbocycles. The highest BCUT2D eigenvalue weighted by Crippen LogP contribution is 2.19. The fourth-order valence-corrected chi connectivity index (χ4v) is 2.06. The molecule has 3 N–H and O–H groups in total. The molecule has 0 fully saturated rings. The number of carbonyl (C=O) groups is 1. The fraction of sp³-hybridized carbons (Fsp3) is 0.0667. The van der Waals surface area contributed by atoms with Gasteiger partial charge in [-0.2, -0.15) is 0 Å². The van der Waals surface area contributed by atoms with Crippen LogP contribution in [-0.4, -0.2) is 10.9 Å². The van der Waals surface area contributed by atoms with Gasteiger partial charge in [0.25, 0.3) is 5.91 Å². The Kier molecular flexibility index (Phi) is 4.28. The Hall–Kier alpha value is -2.34. The third kappa shape index (κ3) is 3.61. The van der Waals surface area contributed by atoms with Crippen molar-refractivity contribution in [3.05, 3.63) is 64.7 Å². The molecular formula is C15H12F2N2OS. The Morgan fingerprint density at radius 2 is 1.86 bits per heavy atom. The third-order valence-corrected chi connectivity index (χ3v) is 3.02. The molecule has 0 atom stereocenters. The number of hydrogen-bond donors (Lipinski definition) is 2. The summed E-state index contributed by atoms with van der Waals surface area (Å²) in [5.74, 6) is -1.55. The van der Waals surface area contributed by atoms with Gasteiger partial charge in [0.1, 0.15) is 16.6 Å². The molecule has 2 rings (SSSR count). The molecule has 0 aliphatic heterocycles. The number of hydrogen-bond acceptors (Lipinski definition) is 2. The third-order valence-electron chi connectivity index (χ3n) is 2.80. The predicted molar refractivity (Wildman–Crippen MR) is 81.4 cm³/mol. The van der Waals surface area contributed by atoms with Gasteiger partial charge in [0.05, 0.1) is 5.69 Å². The first-order chi connectivity index (χ1) is 9.86. The SMILES string of the molecule is Cc1cc(F)cc(C(=O)Nc2ccc(F)cc2C(N)=S)c1. The van der Waals surface area contributed by atoms with E-state index >= 15 is 0 Å². The zero-order chi connectivity index (χ0) is 15.6. The van der Waals surface area contributed by atoms with Crippen molar-refractivity contribution >= 4 is 28.8 Å². The number of rotatable bonds is 3. The van der Waals surface area contributed by atoms with E-state index in [0.29, 0.717) is 5.56 Å². The summed E-state index contributed by atoms with van der Waals surface area (Å²) in [6, 6.07) is 7.64. The molecule has 2 aromatic rings. The summed E-state index contributed by atoms with van der Waals surface area (Å²) in [4.78, 5) is 12.1. The van der Waals surface area contributed by atoms with E-state index in [9.17, 15) is 13.6 Å². The van der Waals surface area contributed by atoms with Crippen molar-refractivity contribution < 1.29 is 13.6 Å². The molecule has 1 amide bonds. The Bertz CT molecular complexity index is 711. The molecule has 0 unspecified atom stereocenters. The highest BCUT2D eigenvalue weighted by atomic mass is 32.1. The van der Waals surface area contributed by atoms with Crippen molar-refractivity contribution in [3.8, 4) is 0 Å². The van der Waals surface area contributed by atoms with Crippen molar-refractivity contribution in [2.24, 2.45) is 5.73 Å². The zero-order valence-corrected chi connectivity index (χ0v) is 11.9. The Morgan fingerprint density at radius 1 is 1.14 bits per heavy atom. The van der Waals surface area contributed by atoms with E-state index in [1.54, 1.807) is 13.0 Å². The first-order valence-electron chi connectivity index (χ1n) is 6.04. The summed E-state index contributed by atoms with van der Waals surface area (Å²) in [5, 5.41) is 2.55. The van der Waals surface area contributed by atoms with Crippen LogP contribution in [0.3, 0.4) is 0 Å². The number of thiocarbonyl (C=S) groups is 1. The maximum Gasteiger partial charge on any atom is 0.255 e. The summed E-state index contributed by atoms with van der Waals surface area (Å²) in [5.41, 5.74) is 6.77. The summed E-state index contributed by atoms with van der Waals surface area (Å²) >= 11 is 4.82. The molecule has 0 bridgehead atoms. The van der Waals surface area contributed by atoms with Gasteiger partial charge in [0.15, 0.2) is 0 Å². The van der Waals surface area contributed by atoms with Gasteiger partial charge in [0.2, 0.25) is 0 Å². The normalized spacial score (nSPS) is 10.2. The summed E-state index contributed by atoms with van der Waals surface area (Å²) in [6.07, 6.45) is 0. The van der Waals surface area contributed by atoms with Crippen molar-refractivity contribution in [1.29, 1.82) is 0 Å². The van der Waals surface area contributed by atoms with E-state index in [0.717, 1.165) is 12.1 Å². The first kappa shape index (κ1) is 15.1. The van der Waals surface area contributed by atoms with E-state index < -0.39 is 17.5 Å². The lowest BCUT2D eigenvalue weighted by Crippen LogP contribution is -2.18. The van der Waals surface area contributed by atoms with Crippen LogP contribution in [0, 0.1) is 18.6 Å². The van der Waals surface area contributed by atoms with Gasteiger partial charge in [0, 0.05) is 11.1 Å². The molecule has 0 saturated heterocycles. The molecule has 0 aliphatic carbocycles. The van der Waals surface area contributed by atoms with Gasteiger partial charge >= 0.3 is 0 Å². The number of anilines is 1. The second-order valence-corrected chi connectivity index (χ2v) is 4.97. The highest BCUT2D eigenvalue weighted by molar-refractivity contribution is 7.80. The van der Waals surface area contributed by atoms with Gasteiger partial charge in [-0.05, 0) is 48.9 Å². The van der Waals surface area contributed by atoms with Crippen LogP contribution in [0.25, 0.3) is 0 Å². The van der Waals surface area contributed by atoms with E-state index in [1.807, 2.05) is 0 Å². The Morgan fingerprint density at radius 3 is 2.48 bits per heavy atom. The van der Waals surface area contributed by atoms with Crippen molar-refractivity contribution in [2.75, 3.05) is 5.32 Å². The molecule has 6 heteroatoms. The minimum absolute atomic E-state index is 0.0415. The van der Waals surface area contributed by atoms with Crippen LogP contribution in [0.4, 0.5) is 14.5 Å². The quantitative estimate of drug-likeness (QED) is 0.857. The van der Waals surface area contributed by atoms with Gasteiger partial charge in [-0.15, -0.1) is 0 Å². The van der Waals surface area contributed by atoms with Crippen molar-refractivity contribution in [2.45, 2.75) is 6.92 Å². The monoisotopic (exact) mass is 306 g/mol. The average Bonchev–Trinajstić information content (AvgIpc) is 2.39. The molecule has 21 heavy (non-hydrogen) atoms. The summed E-state index contributed by atoms with van der Waals surface area (Å²) in [6.45, 7) is 1.68. The molecule has 108 valence electrons. The maximum absolute atomic E-state index is 13.3. The van der Waals surface area contributed by atoms with Crippen LogP contribution in [0.15, 0.2) is 36.4 Å². The largest absolute Gasteiger partial charge is 0.389 e. The van der Waals surface area contributed by atoms with Crippen LogP contribution in [0.5, 0.6) is 0 Å². The first-order valence-corrected chi connectivity index (χ1v) is 6.45. The molecule has 0 aliphatic rings. The lowest BCUT2D eigenvalue weighted by molar-refractivity contribution is 0.102. The topological polar surface area (TPSA) is 55.1 Å². The van der Waals surface area contributed by atoms with Gasteiger partial charge in [-0.25, -0.2) is 8.78 Å². The predicted octanol–water partition coefficient (Wildman–Crippen LogP) is 3.16. The van der Waals surface area contributed by atoms with Gasteiger partial charge in [-0.1, -0.05) is 12.2 Å². The molecule has 0 radical (unpaired) electrons. The molecular weight excluding hydrogens is 294 g/mol. The molecule has 0 spiro atoms. The lowest BCUT2D eigenvalue weighted by atomic mass is 10.1. The number of amides is 1. The lowest BCUT2D eigenvalue weighted by Gasteiger charge is -2.11. The van der Waals surface area contributed by atoms with Gasteiger partial charge < -0.3 is 11.1 Å². The van der Waals surface area contributed by atoms with Crippen molar-refractivity contribution in [1.82, 2.24) is 0 Å². The minimum Gasteiger partial charge on any atom is -0.389 e. The van der Waals surface area contributed by atoms with E-state index in [4.69, 9.17) is 18.0 Å². The number of halogens is 2. The van der Waals surface area contributed by atoms with Crippen LogP contribution in [0.1, 0.15) is 21.5 Å². The number of benzene rings is 2. The smallest absolute Gasteiger partial charge is 0.255 e. The van der Waals surface area contributed by atoms with Gasteiger partial charge in [-0.3, -0.25) is 4.79 Å². The van der Waals surface area contributed by atoms with Crippen LogP contribution in [-0.2, 0) is 0 Å². The Labute approximate surface area is 125 Å². The molecule has 0 heterocycles. The second kappa shape index (κ2) is 5.97. The van der Waals surface area contributed by atoms with Crippen LogP contribution in [0.2, 0.25) is 0 Å².